The van der Waals surface area contributed by atoms with E-state index in [-0.39, 0.29) is 47.9 Å². The standard InChI is InChI=1S/C29H29N2.C15H28O2.Ir/c1-18(2)23-13-20-10-11-21-16-30-27(15-25(21)28(20)31-17-23)22-12-19-8-6-7-9-24(19)26(14-22)29(3,4)5;1-7-14(5,8-2)12(16)11-13(17)15(6,9-3)10-4;/h6-9,13-18H,10-11H2,1-5H3;11,16H,7-10H2,1-6H3;/q-1;;/b;12-11-;. The van der Waals surface area contributed by atoms with Gasteiger partial charge in [-0.15, -0.1) is 29.1 Å². The predicted octanol–water partition coefficient (Wildman–Crippen LogP) is 11.9. The zero-order chi connectivity index (χ0) is 35.4. The van der Waals surface area contributed by atoms with Crippen LogP contribution in [0.2, 0.25) is 0 Å². The first kappa shape index (κ1) is 40.3. The molecule has 0 atom stereocenters. The van der Waals surface area contributed by atoms with E-state index >= 15 is 0 Å². The summed E-state index contributed by atoms with van der Waals surface area (Å²) in [6.45, 7) is 23.3. The average molecular weight is 838 g/mol. The summed E-state index contributed by atoms with van der Waals surface area (Å²) >= 11 is 0. The fraction of sp³-hybridized carbons (Fsp3) is 0.477. The van der Waals surface area contributed by atoms with Gasteiger partial charge in [0.15, 0.2) is 5.78 Å². The smallest absolute Gasteiger partial charge is 0.164 e. The van der Waals surface area contributed by atoms with Crippen LogP contribution in [0.4, 0.5) is 0 Å². The molecule has 2 aromatic carbocycles. The van der Waals surface area contributed by atoms with Crippen LogP contribution in [0.3, 0.4) is 0 Å². The van der Waals surface area contributed by atoms with Crippen molar-refractivity contribution in [3.8, 4) is 22.5 Å². The van der Waals surface area contributed by atoms with Gasteiger partial charge in [0.05, 0.1) is 5.69 Å². The molecule has 5 rings (SSSR count). The minimum atomic E-state index is -0.337. The Morgan fingerprint density at radius 1 is 0.857 bits per heavy atom. The number of rotatable bonds is 9. The van der Waals surface area contributed by atoms with Crippen LogP contribution in [-0.4, -0.2) is 20.9 Å². The molecule has 49 heavy (non-hydrogen) atoms. The largest absolute Gasteiger partial charge is 0.512 e. The van der Waals surface area contributed by atoms with Crippen molar-refractivity contribution in [1.82, 2.24) is 9.97 Å². The summed E-state index contributed by atoms with van der Waals surface area (Å²) in [5.74, 6) is 0.781. The molecule has 1 aliphatic carbocycles. The van der Waals surface area contributed by atoms with Gasteiger partial charge in [0.1, 0.15) is 5.76 Å². The topological polar surface area (TPSA) is 63.1 Å². The molecule has 265 valence electrons. The third kappa shape index (κ3) is 8.78. The maximum atomic E-state index is 12.2. The van der Waals surface area contributed by atoms with Gasteiger partial charge in [0.2, 0.25) is 0 Å². The van der Waals surface area contributed by atoms with E-state index in [0.29, 0.717) is 5.92 Å². The van der Waals surface area contributed by atoms with Gasteiger partial charge < -0.3 is 5.11 Å². The number of aryl methyl sites for hydroxylation is 2. The Morgan fingerprint density at radius 3 is 2.06 bits per heavy atom. The van der Waals surface area contributed by atoms with E-state index in [0.717, 1.165) is 60.9 Å². The number of aliphatic hydroxyl groups is 1. The Kier molecular flexibility index (Phi) is 13.4. The van der Waals surface area contributed by atoms with E-state index in [1.807, 2.05) is 53.9 Å². The molecule has 1 N–H and O–H groups in total. The number of fused-ring (bicyclic) bond motifs is 4. The molecule has 0 aliphatic heterocycles. The molecule has 1 radical (unpaired) electrons. The number of allylic oxidation sites excluding steroid dienone is 2. The van der Waals surface area contributed by atoms with Crippen molar-refractivity contribution in [3.63, 3.8) is 0 Å². The van der Waals surface area contributed by atoms with Crippen molar-refractivity contribution >= 4 is 16.6 Å². The summed E-state index contributed by atoms with van der Waals surface area (Å²) in [6.07, 6.45) is 10.9. The minimum absolute atomic E-state index is 0. The monoisotopic (exact) mass is 838 g/mol. The molecule has 4 aromatic rings. The van der Waals surface area contributed by atoms with Gasteiger partial charge in [0.25, 0.3) is 0 Å². The van der Waals surface area contributed by atoms with Crippen molar-refractivity contribution < 1.29 is 30.0 Å². The van der Waals surface area contributed by atoms with Crippen LogP contribution in [0.25, 0.3) is 33.3 Å². The Morgan fingerprint density at radius 2 is 1.47 bits per heavy atom. The number of hydrogen-bond donors (Lipinski definition) is 1. The van der Waals surface area contributed by atoms with Gasteiger partial charge in [-0.3, -0.25) is 14.8 Å². The van der Waals surface area contributed by atoms with E-state index in [9.17, 15) is 9.90 Å². The van der Waals surface area contributed by atoms with Crippen LogP contribution in [0.5, 0.6) is 0 Å². The van der Waals surface area contributed by atoms with Gasteiger partial charge in [-0.1, -0.05) is 117 Å². The van der Waals surface area contributed by atoms with Gasteiger partial charge >= 0.3 is 0 Å². The number of nitrogens with zero attached hydrogens (tertiary/aromatic N) is 2. The third-order valence-corrected chi connectivity index (χ3v) is 11.0. The van der Waals surface area contributed by atoms with Crippen molar-refractivity contribution in [3.05, 3.63) is 95.0 Å². The molecule has 0 fully saturated rings. The van der Waals surface area contributed by atoms with Crippen LogP contribution in [0.1, 0.15) is 130 Å². The number of benzene rings is 2. The molecule has 0 unspecified atom stereocenters. The van der Waals surface area contributed by atoms with Gasteiger partial charge in [-0.2, -0.15) is 0 Å². The zero-order valence-electron chi connectivity index (χ0n) is 31.7. The van der Waals surface area contributed by atoms with Crippen molar-refractivity contribution in [2.24, 2.45) is 10.8 Å². The predicted molar refractivity (Wildman–Crippen MR) is 203 cm³/mol. The van der Waals surface area contributed by atoms with Gasteiger partial charge in [-0.05, 0) is 72.1 Å². The number of carbonyl (C=O) groups excluding carboxylic acids is 1. The molecule has 0 saturated heterocycles. The molecular formula is C44H57IrN2O2-. The summed E-state index contributed by atoms with van der Waals surface area (Å²) in [7, 11) is 0. The number of pyridine rings is 2. The Hall–Kier alpha value is -3.14. The molecule has 0 amide bonds. The van der Waals surface area contributed by atoms with Gasteiger partial charge in [-0.25, -0.2) is 0 Å². The summed E-state index contributed by atoms with van der Waals surface area (Å²) in [5, 5.41) is 12.5. The number of carbonyl (C=O) groups is 1. The summed E-state index contributed by atoms with van der Waals surface area (Å²) in [5.41, 5.74) is 9.09. The summed E-state index contributed by atoms with van der Waals surface area (Å²) in [6, 6.07) is 19.0. The molecule has 0 spiro atoms. The Labute approximate surface area is 309 Å². The van der Waals surface area contributed by atoms with E-state index < -0.39 is 0 Å². The average Bonchev–Trinajstić information content (AvgIpc) is 3.09. The van der Waals surface area contributed by atoms with Crippen molar-refractivity contribution in [1.29, 1.82) is 0 Å². The van der Waals surface area contributed by atoms with Gasteiger partial charge in [0, 0.05) is 55.1 Å². The van der Waals surface area contributed by atoms with E-state index in [1.54, 1.807) is 0 Å². The summed E-state index contributed by atoms with van der Waals surface area (Å²) in [4.78, 5) is 21.9. The molecule has 2 aromatic heterocycles. The first-order chi connectivity index (χ1) is 22.6. The Bertz CT molecular complexity index is 1790. The minimum Gasteiger partial charge on any atom is -0.512 e. The second-order valence-corrected chi connectivity index (χ2v) is 15.5. The molecule has 4 nitrogen and oxygen atoms in total. The van der Waals surface area contributed by atoms with Crippen LogP contribution >= 0.6 is 0 Å². The van der Waals surface area contributed by atoms with E-state index in [2.05, 4.69) is 83.1 Å². The quantitative estimate of drug-likeness (QED) is 0.104. The first-order valence-corrected chi connectivity index (χ1v) is 18.0. The summed E-state index contributed by atoms with van der Waals surface area (Å²) < 4.78 is 0. The fourth-order valence-electron chi connectivity index (χ4n) is 6.27. The van der Waals surface area contributed by atoms with Crippen LogP contribution in [0, 0.1) is 16.9 Å². The number of aromatic nitrogens is 2. The molecule has 1 aliphatic rings. The zero-order valence-corrected chi connectivity index (χ0v) is 34.1. The number of aliphatic hydroxyl groups excluding tert-OH is 1. The maximum absolute atomic E-state index is 12.2. The molecule has 2 heterocycles. The van der Waals surface area contributed by atoms with Crippen molar-refractivity contribution in [2.45, 2.75) is 126 Å². The fourth-order valence-corrected chi connectivity index (χ4v) is 6.27. The van der Waals surface area contributed by atoms with E-state index in [1.165, 1.54) is 39.3 Å². The SMILES string of the molecule is CC(C)c1cnc2c(c1)CCc1cnc(-c3[c-]c4ccccc4c(C(C)(C)C)c3)cc1-2.CCC(C)(CC)C(=O)/C=C(\O)C(C)(CC)CC.[Ir]. The van der Waals surface area contributed by atoms with Crippen LogP contribution in [-0.2, 0) is 43.2 Å². The normalized spacial score (nSPS) is 13.3. The van der Waals surface area contributed by atoms with Crippen molar-refractivity contribution in [2.75, 3.05) is 0 Å². The Balaban J connectivity index is 0.000000312. The molecule has 0 bridgehead atoms. The molecule has 5 heteroatoms. The first-order valence-electron chi connectivity index (χ1n) is 18.0. The second-order valence-electron chi connectivity index (χ2n) is 15.5. The maximum Gasteiger partial charge on any atom is 0.164 e. The van der Waals surface area contributed by atoms with Crippen LogP contribution < -0.4 is 0 Å². The van der Waals surface area contributed by atoms with Crippen LogP contribution in [0.15, 0.2) is 66.7 Å². The second kappa shape index (κ2) is 16.3. The third-order valence-electron chi connectivity index (χ3n) is 11.0. The number of hydrogen-bond acceptors (Lipinski definition) is 4. The number of ketones is 1. The van der Waals surface area contributed by atoms with E-state index in [4.69, 9.17) is 9.97 Å². The molecular weight excluding hydrogens is 781 g/mol. The molecule has 0 saturated carbocycles.